The molecule has 0 radical (unpaired) electrons. The molecule has 20 heavy (non-hydrogen) atoms. The van der Waals surface area contributed by atoms with Gasteiger partial charge < -0.3 is 15.3 Å². The van der Waals surface area contributed by atoms with Gasteiger partial charge >= 0.3 is 5.97 Å². The fourth-order valence-corrected chi connectivity index (χ4v) is 3.54. The second kappa shape index (κ2) is 5.72. The number of nitrogens with one attached hydrogen (secondary N) is 1. The Morgan fingerprint density at radius 2 is 2.10 bits per heavy atom. The number of carboxylic acids is 1. The number of nitrogens with zero attached hydrogens (tertiary/aromatic N) is 1. The Kier molecular flexibility index (Phi) is 4.37. The van der Waals surface area contributed by atoms with E-state index in [9.17, 15) is 14.7 Å². The van der Waals surface area contributed by atoms with E-state index in [0.29, 0.717) is 25.4 Å². The van der Waals surface area contributed by atoms with E-state index in [-0.39, 0.29) is 11.8 Å². The second-order valence-corrected chi connectivity index (χ2v) is 6.72. The number of rotatable bonds is 3. The van der Waals surface area contributed by atoms with Crippen molar-refractivity contribution in [2.24, 2.45) is 17.3 Å². The standard InChI is InChI=1S/C15H26N2O3/c1-10(2)15(5-6-16-9-15)14(20)17-7-4-11(3)8-12(17)13(18)19/h10-12,16H,4-9H2,1-3H3,(H,18,19). The van der Waals surface area contributed by atoms with Gasteiger partial charge in [0.05, 0.1) is 5.41 Å². The molecule has 0 aromatic rings. The van der Waals surface area contributed by atoms with Gasteiger partial charge in [-0.25, -0.2) is 4.79 Å². The molecule has 2 rings (SSSR count). The molecule has 0 bridgehead atoms. The maximum atomic E-state index is 13.0. The van der Waals surface area contributed by atoms with Crippen LogP contribution >= 0.6 is 0 Å². The molecule has 2 aliphatic rings. The van der Waals surface area contributed by atoms with Gasteiger partial charge in [0.25, 0.3) is 0 Å². The molecule has 2 fully saturated rings. The third-order valence-corrected chi connectivity index (χ3v) is 5.13. The molecule has 2 saturated heterocycles. The second-order valence-electron chi connectivity index (χ2n) is 6.72. The summed E-state index contributed by atoms with van der Waals surface area (Å²) >= 11 is 0. The van der Waals surface area contributed by atoms with Crippen LogP contribution in [0, 0.1) is 17.3 Å². The summed E-state index contributed by atoms with van der Waals surface area (Å²) in [6.45, 7) is 8.27. The van der Waals surface area contributed by atoms with Gasteiger partial charge in [0, 0.05) is 13.1 Å². The number of likely N-dealkylation sites (tertiary alicyclic amines) is 1. The third kappa shape index (κ3) is 2.55. The lowest BCUT2D eigenvalue weighted by Crippen LogP contribution is -2.56. The van der Waals surface area contributed by atoms with Gasteiger partial charge in [0.2, 0.25) is 5.91 Å². The minimum absolute atomic E-state index is 0.0387. The van der Waals surface area contributed by atoms with Crippen molar-refractivity contribution >= 4 is 11.9 Å². The molecular weight excluding hydrogens is 256 g/mol. The van der Waals surface area contributed by atoms with Gasteiger partial charge in [-0.2, -0.15) is 0 Å². The minimum atomic E-state index is -0.866. The van der Waals surface area contributed by atoms with E-state index in [1.165, 1.54) is 0 Å². The molecular formula is C15H26N2O3. The van der Waals surface area contributed by atoms with E-state index in [2.05, 4.69) is 26.1 Å². The van der Waals surface area contributed by atoms with E-state index < -0.39 is 17.4 Å². The Balaban J connectivity index is 2.23. The number of amides is 1. The highest BCUT2D eigenvalue weighted by Gasteiger charge is 2.49. The van der Waals surface area contributed by atoms with Gasteiger partial charge in [0.1, 0.15) is 6.04 Å². The zero-order valence-electron chi connectivity index (χ0n) is 12.7. The molecule has 5 nitrogen and oxygen atoms in total. The highest BCUT2D eigenvalue weighted by molar-refractivity contribution is 5.88. The smallest absolute Gasteiger partial charge is 0.326 e. The zero-order valence-corrected chi connectivity index (χ0v) is 12.7. The minimum Gasteiger partial charge on any atom is -0.480 e. The van der Waals surface area contributed by atoms with Gasteiger partial charge in [-0.15, -0.1) is 0 Å². The Hall–Kier alpha value is -1.10. The van der Waals surface area contributed by atoms with Crippen LogP contribution in [0.15, 0.2) is 0 Å². The highest BCUT2D eigenvalue weighted by atomic mass is 16.4. The number of piperidine rings is 1. The Morgan fingerprint density at radius 1 is 1.40 bits per heavy atom. The summed E-state index contributed by atoms with van der Waals surface area (Å²) < 4.78 is 0. The van der Waals surface area contributed by atoms with Crippen LogP contribution in [0.4, 0.5) is 0 Å². The molecule has 0 aliphatic carbocycles. The molecule has 0 aromatic heterocycles. The Morgan fingerprint density at radius 3 is 2.60 bits per heavy atom. The maximum Gasteiger partial charge on any atom is 0.326 e. The van der Waals surface area contributed by atoms with Crippen molar-refractivity contribution in [1.82, 2.24) is 10.2 Å². The van der Waals surface area contributed by atoms with Crippen LogP contribution in [0.5, 0.6) is 0 Å². The topological polar surface area (TPSA) is 69.6 Å². The number of aliphatic carboxylic acids is 1. The predicted octanol–water partition coefficient (Wildman–Crippen LogP) is 1.33. The molecule has 114 valence electrons. The monoisotopic (exact) mass is 282 g/mol. The van der Waals surface area contributed by atoms with Crippen molar-refractivity contribution in [1.29, 1.82) is 0 Å². The molecule has 3 atom stereocenters. The Bertz CT molecular complexity index is 389. The summed E-state index contributed by atoms with van der Waals surface area (Å²) in [5.74, 6) is -0.234. The summed E-state index contributed by atoms with van der Waals surface area (Å²) in [5, 5.41) is 12.7. The van der Waals surface area contributed by atoms with E-state index in [1.807, 2.05) is 0 Å². The average molecular weight is 282 g/mol. The molecule has 1 amide bonds. The van der Waals surface area contributed by atoms with Crippen molar-refractivity contribution in [2.45, 2.75) is 46.1 Å². The van der Waals surface area contributed by atoms with E-state index in [0.717, 1.165) is 19.4 Å². The van der Waals surface area contributed by atoms with Crippen LogP contribution in [0.25, 0.3) is 0 Å². The molecule has 0 spiro atoms. The summed E-state index contributed by atoms with van der Waals surface area (Å²) in [6.07, 6.45) is 2.28. The van der Waals surface area contributed by atoms with Crippen molar-refractivity contribution in [2.75, 3.05) is 19.6 Å². The Labute approximate surface area is 120 Å². The number of hydrogen-bond donors (Lipinski definition) is 2. The molecule has 0 aromatic carbocycles. The fourth-order valence-electron chi connectivity index (χ4n) is 3.54. The summed E-state index contributed by atoms with van der Waals surface area (Å²) in [5.41, 5.74) is -0.422. The average Bonchev–Trinajstić information content (AvgIpc) is 2.88. The number of carboxylic acid groups (broad SMARTS) is 1. The van der Waals surface area contributed by atoms with Gasteiger partial charge in [-0.05, 0) is 37.6 Å². The maximum absolute atomic E-state index is 13.0. The molecule has 5 heteroatoms. The highest BCUT2D eigenvalue weighted by Crippen LogP contribution is 2.38. The molecule has 3 unspecified atom stereocenters. The number of hydrogen-bond acceptors (Lipinski definition) is 3. The first kappa shape index (κ1) is 15.3. The van der Waals surface area contributed by atoms with Crippen molar-refractivity contribution in [3.8, 4) is 0 Å². The first-order chi connectivity index (χ1) is 9.38. The fraction of sp³-hybridized carbons (Fsp3) is 0.867. The molecule has 2 aliphatic heterocycles. The van der Waals surface area contributed by atoms with Crippen LogP contribution in [0.1, 0.15) is 40.0 Å². The number of carbonyl (C=O) groups is 2. The van der Waals surface area contributed by atoms with Crippen molar-refractivity contribution < 1.29 is 14.7 Å². The quantitative estimate of drug-likeness (QED) is 0.819. The van der Waals surface area contributed by atoms with Gasteiger partial charge in [-0.1, -0.05) is 20.8 Å². The van der Waals surface area contributed by atoms with Crippen LogP contribution in [-0.2, 0) is 9.59 Å². The van der Waals surface area contributed by atoms with E-state index in [4.69, 9.17) is 0 Å². The van der Waals surface area contributed by atoms with Gasteiger partial charge in [-0.3, -0.25) is 4.79 Å². The van der Waals surface area contributed by atoms with E-state index in [1.54, 1.807) is 4.90 Å². The van der Waals surface area contributed by atoms with Crippen LogP contribution in [0.2, 0.25) is 0 Å². The summed E-state index contributed by atoms with van der Waals surface area (Å²) in [7, 11) is 0. The lowest BCUT2D eigenvalue weighted by atomic mass is 9.74. The largest absolute Gasteiger partial charge is 0.480 e. The van der Waals surface area contributed by atoms with Gasteiger partial charge in [0.15, 0.2) is 0 Å². The first-order valence-electron chi connectivity index (χ1n) is 7.63. The zero-order chi connectivity index (χ0) is 14.9. The SMILES string of the molecule is CC1CCN(C(=O)C2(C(C)C)CCNC2)C(C(=O)O)C1. The molecule has 2 heterocycles. The van der Waals surface area contributed by atoms with Crippen molar-refractivity contribution in [3.05, 3.63) is 0 Å². The summed E-state index contributed by atoms with van der Waals surface area (Å²) in [4.78, 5) is 26.1. The van der Waals surface area contributed by atoms with E-state index >= 15 is 0 Å². The lowest BCUT2D eigenvalue weighted by Gasteiger charge is -2.42. The van der Waals surface area contributed by atoms with Crippen molar-refractivity contribution in [3.63, 3.8) is 0 Å². The summed E-state index contributed by atoms with van der Waals surface area (Å²) in [6, 6.07) is -0.650. The van der Waals surface area contributed by atoms with Crippen LogP contribution in [0.3, 0.4) is 0 Å². The first-order valence-corrected chi connectivity index (χ1v) is 7.63. The number of carbonyl (C=O) groups excluding carboxylic acids is 1. The van der Waals surface area contributed by atoms with Crippen LogP contribution in [-0.4, -0.2) is 47.6 Å². The van der Waals surface area contributed by atoms with Crippen LogP contribution < -0.4 is 5.32 Å². The third-order valence-electron chi connectivity index (χ3n) is 5.13. The molecule has 0 saturated carbocycles. The predicted molar refractivity (Wildman–Crippen MR) is 76.3 cm³/mol. The lowest BCUT2D eigenvalue weighted by molar-refractivity contribution is -0.159. The molecule has 2 N–H and O–H groups in total. The normalized spacial score (nSPS) is 34.5.